The number of aliphatic imine (C=N–C) groups is 1. The van der Waals surface area contributed by atoms with Gasteiger partial charge in [-0.3, -0.25) is 4.99 Å². The number of fused-ring (bicyclic) bond motifs is 1. The highest BCUT2D eigenvalue weighted by Crippen LogP contribution is 2.36. The van der Waals surface area contributed by atoms with E-state index in [0.717, 1.165) is 16.9 Å². The molecule has 0 aromatic heterocycles. The van der Waals surface area contributed by atoms with Crippen molar-refractivity contribution >= 4 is 32.5 Å². The van der Waals surface area contributed by atoms with Gasteiger partial charge in [0, 0.05) is 12.6 Å². The van der Waals surface area contributed by atoms with Crippen LogP contribution in [-0.4, -0.2) is 31.2 Å². The maximum absolute atomic E-state index is 12.8. The summed E-state index contributed by atoms with van der Waals surface area (Å²) in [6.07, 6.45) is 3.85. The smallest absolute Gasteiger partial charge is 0.266 e. The van der Waals surface area contributed by atoms with Crippen molar-refractivity contribution in [2.75, 3.05) is 13.3 Å². The maximum Gasteiger partial charge on any atom is 0.266 e. The fourth-order valence-corrected chi connectivity index (χ4v) is 5.49. The van der Waals surface area contributed by atoms with Crippen molar-refractivity contribution in [1.29, 1.82) is 0 Å². The van der Waals surface area contributed by atoms with Crippen LogP contribution < -0.4 is 4.74 Å². The number of allylic oxidation sites excluding steroid dienone is 2. The molecule has 1 heterocycles. The van der Waals surface area contributed by atoms with E-state index in [9.17, 15) is 8.42 Å². The lowest BCUT2D eigenvalue weighted by Gasteiger charge is -2.16. The van der Waals surface area contributed by atoms with Gasteiger partial charge in [-0.25, -0.2) is 12.7 Å². The predicted molar refractivity (Wildman–Crippen MR) is 112 cm³/mol. The number of benzene rings is 2. The molecule has 0 atom stereocenters. The third-order valence-corrected chi connectivity index (χ3v) is 7.19. The Kier molecular flexibility index (Phi) is 5.62. The first kappa shape index (κ1) is 19.5. The van der Waals surface area contributed by atoms with Gasteiger partial charge in [-0.05, 0) is 55.5 Å². The fraction of sp³-hybridized carbons (Fsp3) is 0.250. The molecule has 1 aliphatic heterocycles. The first-order valence-corrected chi connectivity index (χ1v) is 11.2. The molecule has 0 spiro atoms. The summed E-state index contributed by atoms with van der Waals surface area (Å²) in [5, 5.41) is 0.475. The second-order valence-electron chi connectivity index (χ2n) is 6.06. The number of hydrogen-bond donors (Lipinski definition) is 0. The SMILES string of the molecule is CC=C(C)c1ccccc1Oc1ccc2c(c1)CN(C(=NC)SC)S2(=O)=O. The zero-order chi connectivity index (χ0) is 19.6. The summed E-state index contributed by atoms with van der Waals surface area (Å²) < 4.78 is 33.0. The lowest BCUT2D eigenvalue weighted by atomic mass is 10.1. The molecule has 0 fully saturated rings. The Hall–Kier alpha value is -2.25. The van der Waals surface area contributed by atoms with E-state index in [1.54, 1.807) is 25.2 Å². The molecule has 0 bridgehead atoms. The molecule has 0 saturated carbocycles. The molecule has 3 rings (SSSR count). The van der Waals surface area contributed by atoms with Crippen molar-refractivity contribution in [1.82, 2.24) is 4.31 Å². The molecular weight excluding hydrogens is 380 g/mol. The highest BCUT2D eigenvalue weighted by atomic mass is 32.2. The van der Waals surface area contributed by atoms with E-state index in [-0.39, 0.29) is 6.54 Å². The summed E-state index contributed by atoms with van der Waals surface area (Å²) in [7, 11) is -1.97. The molecule has 1 aliphatic rings. The molecule has 2 aromatic rings. The van der Waals surface area contributed by atoms with Crippen LogP contribution >= 0.6 is 11.8 Å². The Morgan fingerprint density at radius 3 is 2.67 bits per heavy atom. The van der Waals surface area contributed by atoms with Crippen molar-refractivity contribution in [3.05, 3.63) is 59.7 Å². The molecule has 7 heteroatoms. The van der Waals surface area contributed by atoms with Crippen molar-refractivity contribution in [3.8, 4) is 11.5 Å². The molecule has 5 nitrogen and oxygen atoms in total. The maximum atomic E-state index is 12.8. The van der Waals surface area contributed by atoms with Crippen LogP contribution in [-0.2, 0) is 16.6 Å². The van der Waals surface area contributed by atoms with Gasteiger partial charge in [0.15, 0.2) is 5.17 Å². The van der Waals surface area contributed by atoms with Crippen LogP contribution in [0, 0.1) is 0 Å². The van der Waals surface area contributed by atoms with Gasteiger partial charge in [0.25, 0.3) is 10.0 Å². The van der Waals surface area contributed by atoms with Crippen LogP contribution in [0.5, 0.6) is 11.5 Å². The minimum absolute atomic E-state index is 0.262. The van der Waals surface area contributed by atoms with Crippen LogP contribution in [0.2, 0.25) is 0 Å². The summed E-state index contributed by atoms with van der Waals surface area (Å²) in [6, 6.07) is 12.9. The number of thioether (sulfide) groups is 1. The second-order valence-corrected chi connectivity index (χ2v) is 8.67. The quantitative estimate of drug-likeness (QED) is 0.549. The number of ether oxygens (including phenoxy) is 1. The first-order valence-electron chi connectivity index (χ1n) is 8.49. The molecule has 0 aliphatic carbocycles. The zero-order valence-electron chi connectivity index (χ0n) is 15.8. The van der Waals surface area contributed by atoms with Gasteiger partial charge in [-0.1, -0.05) is 36.0 Å². The van der Waals surface area contributed by atoms with Crippen LogP contribution in [0.4, 0.5) is 0 Å². The molecule has 2 aromatic carbocycles. The Balaban J connectivity index is 1.96. The molecule has 0 unspecified atom stereocenters. The zero-order valence-corrected chi connectivity index (χ0v) is 17.4. The largest absolute Gasteiger partial charge is 0.457 e. The monoisotopic (exact) mass is 402 g/mol. The lowest BCUT2D eigenvalue weighted by Crippen LogP contribution is -2.29. The van der Waals surface area contributed by atoms with E-state index < -0.39 is 10.0 Å². The summed E-state index contributed by atoms with van der Waals surface area (Å²) >= 11 is 1.31. The molecule has 0 saturated heterocycles. The van der Waals surface area contributed by atoms with Gasteiger partial charge in [-0.2, -0.15) is 0 Å². The Labute approximate surface area is 164 Å². The number of para-hydroxylation sites is 1. The molecule has 0 radical (unpaired) electrons. The van der Waals surface area contributed by atoms with E-state index >= 15 is 0 Å². The van der Waals surface area contributed by atoms with Crippen molar-refractivity contribution in [2.45, 2.75) is 25.3 Å². The van der Waals surface area contributed by atoms with E-state index in [0.29, 0.717) is 21.4 Å². The number of rotatable bonds is 3. The highest BCUT2D eigenvalue weighted by Gasteiger charge is 2.36. The minimum atomic E-state index is -3.57. The van der Waals surface area contributed by atoms with Crippen LogP contribution in [0.25, 0.3) is 5.57 Å². The third-order valence-electron chi connectivity index (χ3n) is 4.47. The second kappa shape index (κ2) is 7.78. The average Bonchev–Trinajstić information content (AvgIpc) is 2.93. The highest BCUT2D eigenvalue weighted by molar-refractivity contribution is 8.14. The summed E-state index contributed by atoms with van der Waals surface area (Å²) in [4.78, 5) is 4.39. The summed E-state index contributed by atoms with van der Waals surface area (Å²) in [5.41, 5.74) is 2.84. The van der Waals surface area contributed by atoms with E-state index in [1.807, 2.05) is 50.4 Å². The van der Waals surface area contributed by atoms with Crippen LogP contribution in [0.1, 0.15) is 25.0 Å². The normalized spacial score (nSPS) is 16.4. The molecule has 27 heavy (non-hydrogen) atoms. The molecule has 142 valence electrons. The summed E-state index contributed by atoms with van der Waals surface area (Å²) in [5.74, 6) is 1.35. The lowest BCUT2D eigenvalue weighted by molar-refractivity contribution is 0.479. The van der Waals surface area contributed by atoms with E-state index in [2.05, 4.69) is 4.99 Å². The number of amidine groups is 1. The Morgan fingerprint density at radius 1 is 1.26 bits per heavy atom. The Bertz CT molecular complexity index is 1030. The van der Waals surface area contributed by atoms with Crippen molar-refractivity contribution < 1.29 is 13.2 Å². The number of hydrogen-bond acceptors (Lipinski definition) is 5. The molecule has 0 N–H and O–H groups in total. The number of sulfonamides is 1. The summed E-state index contributed by atoms with van der Waals surface area (Å²) in [6.45, 7) is 4.28. The van der Waals surface area contributed by atoms with Crippen molar-refractivity contribution in [3.63, 3.8) is 0 Å². The van der Waals surface area contributed by atoms with Crippen LogP contribution in [0.3, 0.4) is 0 Å². The van der Waals surface area contributed by atoms with Crippen LogP contribution in [0.15, 0.2) is 58.4 Å². The van der Waals surface area contributed by atoms with Gasteiger partial charge < -0.3 is 4.74 Å². The third kappa shape index (κ3) is 3.61. The van der Waals surface area contributed by atoms with Crippen molar-refractivity contribution in [2.24, 2.45) is 4.99 Å². The minimum Gasteiger partial charge on any atom is -0.457 e. The average molecular weight is 403 g/mol. The molecule has 0 amide bonds. The van der Waals surface area contributed by atoms with E-state index in [4.69, 9.17) is 4.74 Å². The van der Waals surface area contributed by atoms with E-state index in [1.165, 1.54) is 16.1 Å². The van der Waals surface area contributed by atoms with Gasteiger partial charge in [-0.15, -0.1) is 0 Å². The first-order chi connectivity index (χ1) is 12.9. The van der Waals surface area contributed by atoms with Gasteiger partial charge in [0.05, 0.1) is 11.4 Å². The standard InChI is InChI=1S/C20H22N2O3S2/c1-5-14(2)17-8-6-7-9-18(17)25-16-10-11-19-15(12-16)13-22(27(19,23)24)20(21-3)26-4/h5-12H,13H2,1-4H3. The van der Waals surface area contributed by atoms with Gasteiger partial charge in [0.1, 0.15) is 11.5 Å². The molecular formula is C20H22N2O3S2. The number of nitrogens with zero attached hydrogens (tertiary/aromatic N) is 2. The topological polar surface area (TPSA) is 59.0 Å². The van der Waals surface area contributed by atoms with Gasteiger partial charge >= 0.3 is 0 Å². The Morgan fingerprint density at radius 2 is 2.00 bits per heavy atom. The fourth-order valence-electron chi connectivity index (χ4n) is 2.99. The predicted octanol–water partition coefficient (Wildman–Crippen LogP) is 4.76. The van der Waals surface area contributed by atoms with Gasteiger partial charge in [0.2, 0.25) is 0 Å².